The Morgan fingerprint density at radius 3 is 2.20 bits per heavy atom. The van der Waals surface area contributed by atoms with Gasteiger partial charge in [0.1, 0.15) is 18.1 Å². The molecule has 0 saturated carbocycles. The average Bonchev–Trinajstić information content (AvgIpc) is 3.33. The second-order valence-corrected chi connectivity index (χ2v) is 9.17. The summed E-state index contributed by atoms with van der Waals surface area (Å²) in [4.78, 5) is 57.2. The second kappa shape index (κ2) is 15.1. The fourth-order valence-electron chi connectivity index (χ4n) is 3.37. The van der Waals surface area contributed by atoms with E-state index in [2.05, 4.69) is 25.9 Å². The van der Waals surface area contributed by atoms with Crippen LogP contribution >= 0.6 is 0 Å². The summed E-state index contributed by atoms with van der Waals surface area (Å²) in [6.45, 7) is 7.74. The molecule has 0 saturated heterocycles. The van der Waals surface area contributed by atoms with E-state index in [1.807, 2.05) is 27.7 Å². The van der Waals surface area contributed by atoms with Crippen molar-refractivity contribution >= 4 is 23.7 Å². The van der Waals surface area contributed by atoms with Crippen LogP contribution in [0.1, 0.15) is 59.1 Å². The van der Waals surface area contributed by atoms with Crippen molar-refractivity contribution in [1.29, 1.82) is 0 Å². The highest BCUT2D eigenvalue weighted by Gasteiger charge is 2.32. The zero-order chi connectivity index (χ0) is 26.5. The molecule has 0 aromatic carbocycles. The predicted molar refractivity (Wildman–Crippen MR) is 131 cm³/mol. The van der Waals surface area contributed by atoms with E-state index >= 15 is 0 Å². The van der Waals surface area contributed by atoms with Crippen molar-refractivity contribution in [2.45, 2.75) is 84.0 Å². The number of carboxylic acid groups (broad SMARTS) is 1. The maximum absolute atomic E-state index is 13.2. The highest BCUT2D eigenvalue weighted by Crippen LogP contribution is 2.11. The smallest absolute Gasteiger partial charge is 0.326 e. The van der Waals surface area contributed by atoms with Crippen LogP contribution in [0.4, 0.5) is 0 Å². The van der Waals surface area contributed by atoms with E-state index in [1.54, 1.807) is 0 Å². The van der Waals surface area contributed by atoms with Crippen LogP contribution in [0.5, 0.6) is 0 Å². The normalized spacial score (nSPS) is 15.5. The van der Waals surface area contributed by atoms with Crippen LogP contribution in [-0.4, -0.2) is 69.5 Å². The van der Waals surface area contributed by atoms with Gasteiger partial charge in [0.2, 0.25) is 17.7 Å². The molecule has 35 heavy (non-hydrogen) atoms. The summed E-state index contributed by atoms with van der Waals surface area (Å²) in [5.74, 6) is -3.17. The minimum absolute atomic E-state index is 0.00316. The third kappa shape index (κ3) is 10.0. The average molecular weight is 496 g/mol. The first-order valence-corrected chi connectivity index (χ1v) is 12.1. The molecule has 0 radical (unpaired) electrons. The highest BCUT2D eigenvalue weighted by molar-refractivity contribution is 5.94. The van der Waals surface area contributed by atoms with Crippen molar-refractivity contribution in [2.75, 3.05) is 6.54 Å². The van der Waals surface area contributed by atoms with Crippen molar-refractivity contribution < 1.29 is 24.3 Å². The van der Waals surface area contributed by atoms with Crippen LogP contribution in [-0.2, 0) is 25.6 Å². The number of carboxylic acids is 1. The molecule has 5 unspecified atom stereocenters. The predicted octanol–water partition coefficient (Wildman–Crippen LogP) is -0.350. The molecule has 0 aliphatic rings. The van der Waals surface area contributed by atoms with Crippen LogP contribution in [0.3, 0.4) is 0 Å². The standard InChI is InChI=1S/C23H41N7O5/c1-5-14(4)19(30-21(32)18(25)13(2)3)22(33)28-16(8-6-7-9-24)20(31)29-17(23(34)35)10-15-11-26-12-27-15/h11-14,16-19H,5-10,24-25H2,1-4H3,(H,26,27)(H,28,33)(H,29,31)(H,30,32)(H,34,35). The quantitative estimate of drug-likeness (QED) is 0.150. The monoisotopic (exact) mass is 495 g/mol. The lowest BCUT2D eigenvalue weighted by Crippen LogP contribution is -2.59. The van der Waals surface area contributed by atoms with Gasteiger partial charge in [-0.15, -0.1) is 0 Å². The third-order valence-electron chi connectivity index (χ3n) is 5.99. The summed E-state index contributed by atoms with van der Waals surface area (Å²) < 4.78 is 0. The van der Waals surface area contributed by atoms with Crippen molar-refractivity contribution in [2.24, 2.45) is 23.3 Å². The first-order chi connectivity index (χ1) is 16.5. The molecule has 0 bridgehead atoms. The number of carbonyl (C=O) groups excluding carboxylic acids is 3. The summed E-state index contributed by atoms with van der Waals surface area (Å²) in [7, 11) is 0. The molecule has 0 aliphatic heterocycles. The number of unbranched alkanes of at least 4 members (excludes halogenated alkanes) is 1. The third-order valence-corrected chi connectivity index (χ3v) is 5.99. The number of aliphatic carboxylic acids is 1. The Hall–Kier alpha value is -2.99. The first-order valence-electron chi connectivity index (χ1n) is 12.1. The van der Waals surface area contributed by atoms with Gasteiger partial charge in [0.05, 0.1) is 12.4 Å². The minimum Gasteiger partial charge on any atom is -0.480 e. The number of H-pyrrole nitrogens is 1. The van der Waals surface area contributed by atoms with Crippen molar-refractivity contribution in [1.82, 2.24) is 25.9 Å². The van der Waals surface area contributed by atoms with E-state index < -0.39 is 47.9 Å². The van der Waals surface area contributed by atoms with Gasteiger partial charge < -0.3 is 37.5 Å². The summed E-state index contributed by atoms with van der Waals surface area (Å²) in [5.41, 5.74) is 12.0. The van der Waals surface area contributed by atoms with Gasteiger partial charge in [0.15, 0.2) is 0 Å². The number of amides is 3. The van der Waals surface area contributed by atoms with E-state index in [-0.39, 0.29) is 24.7 Å². The lowest BCUT2D eigenvalue weighted by molar-refractivity contribution is -0.142. The maximum atomic E-state index is 13.2. The van der Waals surface area contributed by atoms with Gasteiger partial charge in [-0.05, 0) is 37.6 Å². The molecular formula is C23H41N7O5. The number of imidazole rings is 1. The number of rotatable bonds is 16. The summed E-state index contributed by atoms with van der Waals surface area (Å²) in [5, 5.41) is 17.5. The maximum Gasteiger partial charge on any atom is 0.326 e. The first kappa shape index (κ1) is 30.0. The molecule has 9 N–H and O–H groups in total. The molecule has 1 aromatic heterocycles. The number of aromatic amines is 1. The minimum atomic E-state index is -1.22. The largest absolute Gasteiger partial charge is 0.480 e. The number of nitrogens with zero attached hydrogens (tertiary/aromatic N) is 1. The Labute approximate surface area is 206 Å². The zero-order valence-electron chi connectivity index (χ0n) is 21.0. The van der Waals surface area contributed by atoms with Crippen molar-refractivity contribution in [3.05, 3.63) is 18.2 Å². The van der Waals surface area contributed by atoms with E-state index in [0.717, 1.165) is 0 Å². The van der Waals surface area contributed by atoms with Crippen molar-refractivity contribution in [3.8, 4) is 0 Å². The Bertz CT molecular complexity index is 815. The molecule has 5 atom stereocenters. The van der Waals surface area contributed by atoms with Gasteiger partial charge in [0, 0.05) is 18.3 Å². The Morgan fingerprint density at radius 2 is 1.69 bits per heavy atom. The van der Waals surface area contributed by atoms with Crippen LogP contribution in [0.25, 0.3) is 0 Å². The molecular weight excluding hydrogens is 454 g/mol. The summed E-state index contributed by atoms with van der Waals surface area (Å²) >= 11 is 0. The molecule has 1 aromatic rings. The van der Waals surface area contributed by atoms with Gasteiger partial charge in [0.25, 0.3) is 0 Å². The van der Waals surface area contributed by atoms with Crippen LogP contribution < -0.4 is 27.4 Å². The van der Waals surface area contributed by atoms with Gasteiger partial charge >= 0.3 is 5.97 Å². The van der Waals surface area contributed by atoms with Crippen LogP contribution in [0.2, 0.25) is 0 Å². The SMILES string of the molecule is CCC(C)C(NC(=O)C(N)C(C)C)C(=O)NC(CCCCN)C(=O)NC(Cc1cnc[nH]1)C(=O)O. The Kier molecular flexibility index (Phi) is 13.0. The molecule has 1 heterocycles. The topological polar surface area (TPSA) is 205 Å². The lowest BCUT2D eigenvalue weighted by atomic mass is 9.96. The summed E-state index contributed by atoms with van der Waals surface area (Å²) in [6, 6.07) is -3.90. The molecule has 3 amide bonds. The van der Waals surface area contributed by atoms with Crippen molar-refractivity contribution in [3.63, 3.8) is 0 Å². The number of aromatic nitrogens is 2. The summed E-state index contributed by atoms with van der Waals surface area (Å²) in [6.07, 6.45) is 4.94. The lowest BCUT2D eigenvalue weighted by Gasteiger charge is -2.28. The van der Waals surface area contributed by atoms with E-state index in [1.165, 1.54) is 12.5 Å². The van der Waals surface area contributed by atoms with Gasteiger partial charge in [-0.3, -0.25) is 14.4 Å². The number of hydrogen-bond acceptors (Lipinski definition) is 7. The molecule has 198 valence electrons. The Morgan fingerprint density at radius 1 is 1.03 bits per heavy atom. The van der Waals surface area contributed by atoms with Gasteiger partial charge in [-0.1, -0.05) is 34.1 Å². The van der Waals surface area contributed by atoms with E-state index in [4.69, 9.17) is 11.5 Å². The number of nitrogens with two attached hydrogens (primary N) is 2. The van der Waals surface area contributed by atoms with Gasteiger partial charge in [-0.25, -0.2) is 9.78 Å². The highest BCUT2D eigenvalue weighted by atomic mass is 16.4. The fourth-order valence-corrected chi connectivity index (χ4v) is 3.37. The van der Waals surface area contributed by atoms with E-state index in [0.29, 0.717) is 31.5 Å². The van der Waals surface area contributed by atoms with Gasteiger partial charge in [-0.2, -0.15) is 0 Å². The van der Waals surface area contributed by atoms with E-state index in [9.17, 15) is 24.3 Å². The molecule has 0 spiro atoms. The Balaban J connectivity index is 3.01. The zero-order valence-corrected chi connectivity index (χ0v) is 21.0. The molecule has 0 aliphatic carbocycles. The molecule has 12 nitrogen and oxygen atoms in total. The fraction of sp³-hybridized carbons (Fsp3) is 0.696. The molecule has 0 fully saturated rings. The second-order valence-electron chi connectivity index (χ2n) is 9.17. The number of carbonyl (C=O) groups is 4. The van der Waals surface area contributed by atoms with Crippen LogP contribution in [0, 0.1) is 11.8 Å². The molecule has 1 rings (SSSR count). The molecule has 12 heteroatoms. The van der Waals surface area contributed by atoms with Crippen LogP contribution in [0.15, 0.2) is 12.5 Å². The number of nitrogens with one attached hydrogen (secondary N) is 4. The number of hydrogen-bond donors (Lipinski definition) is 7.